The van der Waals surface area contributed by atoms with Crippen molar-refractivity contribution in [3.8, 4) is 28.4 Å². The number of aliphatic hydroxyl groups excluding tert-OH is 1. The molecule has 204 valence electrons. The van der Waals surface area contributed by atoms with Crippen LogP contribution in [0.3, 0.4) is 0 Å². The predicted molar refractivity (Wildman–Crippen MR) is 148 cm³/mol. The lowest BCUT2D eigenvalue weighted by Crippen LogP contribution is -2.34. The molecule has 6 rings (SSSR count). The first-order chi connectivity index (χ1) is 18.7. The van der Waals surface area contributed by atoms with Crippen LogP contribution in [0.5, 0.6) is 5.88 Å². The average Bonchev–Trinajstić information content (AvgIpc) is 3.59. The Morgan fingerprint density at radius 3 is 2.59 bits per heavy atom. The third-order valence-electron chi connectivity index (χ3n) is 6.66. The summed E-state index contributed by atoms with van der Waals surface area (Å²) in [4.78, 5) is 14.1. The van der Waals surface area contributed by atoms with Gasteiger partial charge in [0.2, 0.25) is 5.88 Å². The SMILES string of the molecule is COc1nc(-c2ccc(N=S(C)(C)=O)cc2)ccc1-c1nc2c(cc1Cl)N=C(O[C@@H]1CO[C@H]3[C@@H]1OC[C@H]3O)C2. The summed E-state index contributed by atoms with van der Waals surface area (Å²) in [7, 11) is -0.694. The summed E-state index contributed by atoms with van der Waals surface area (Å²) < 4.78 is 39.2. The molecule has 0 unspecified atom stereocenters. The first kappa shape index (κ1) is 26.1. The van der Waals surface area contributed by atoms with Crippen molar-refractivity contribution in [1.29, 1.82) is 0 Å². The van der Waals surface area contributed by atoms with E-state index in [1.54, 1.807) is 37.8 Å². The number of benzene rings is 1. The van der Waals surface area contributed by atoms with E-state index in [1.165, 1.54) is 0 Å². The van der Waals surface area contributed by atoms with Crippen LogP contribution in [0.15, 0.2) is 51.8 Å². The molecule has 0 bridgehead atoms. The quantitative estimate of drug-likeness (QED) is 0.489. The number of aliphatic hydroxyl groups is 1. The van der Waals surface area contributed by atoms with Crippen molar-refractivity contribution in [3.63, 3.8) is 0 Å². The molecule has 0 aliphatic carbocycles. The molecular weight excluding hydrogens is 544 g/mol. The molecule has 0 radical (unpaired) electrons. The maximum Gasteiger partial charge on any atom is 0.223 e. The van der Waals surface area contributed by atoms with Crippen LogP contribution in [0, 0.1) is 0 Å². The minimum Gasteiger partial charge on any atom is -0.480 e. The van der Waals surface area contributed by atoms with Crippen LogP contribution in [-0.4, -0.2) is 82.4 Å². The van der Waals surface area contributed by atoms with Crippen molar-refractivity contribution in [2.24, 2.45) is 9.36 Å². The number of pyridine rings is 2. The van der Waals surface area contributed by atoms with Crippen LogP contribution in [-0.2, 0) is 30.4 Å². The Labute approximate surface area is 231 Å². The van der Waals surface area contributed by atoms with Gasteiger partial charge >= 0.3 is 0 Å². The lowest BCUT2D eigenvalue weighted by molar-refractivity contribution is 0.00558. The average molecular weight is 571 g/mol. The molecule has 39 heavy (non-hydrogen) atoms. The molecule has 10 nitrogen and oxygen atoms in total. The van der Waals surface area contributed by atoms with Crippen molar-refractivity contribution in [1.82, 2.24) is 9.97 Å². The highest BCUT2D eigenvalue weighted by atomic mass is 35.5. The van der Waals surface area contributed by atoms with Gasteiger partial charge in [-0.05, 0) is 30.3 Å². The fraction of sp³-hybridized carbons (Fsp3) is 0.370. The molecular formula is C27H27ClN4O6S. The number of fused-ring (bicyclic) bond motifs is 2. The fourth-order valence-electron chi connectivity index (χ4n) is 4.92. The minimum absolute atomic E-state index is 0.235. The zero-order chi connectivity index (χ0) is 27.3. The molecule has 0 saturated carbocycles. The Bertz CT molecular complexity index is 1580. The number of rotatable bonds is 5. The van der Waals surface area contributed by atoms with Crippen LogP contribution in [0.25, 0.3) is 22.5 Å². The molecule has 3 aliphatic rings. The number of hydrogen-bond donors (Lipinski definition) is 1. The Balaban J connectivity index is 1.22. The van der Waals surface area contributed by atoms with E-state index < -0.39 is 15.8 Å². The Hall–Kier alpha value is -3.09. The Morgan fingerprint density at radius 1 is 1.08 bits per heavy atom. The molecule has 2 aromatic heterocycles. The second-order valence-corrected chi connectivity index (χ2v) is 12.8. The maximum atomic E-state index is 12.0. The van der Waals surface area contributed by atoms with E-state index in [1.807, 2.05) is 24.3 Å². The highest BCUT2D eigenvalue weighted by Crippen LogP contribution is 2.39. The van der Waals surface area contributed by atoms with Gasteiger partial charge in [-0.2, -0.15) is 4.36 Å². The summed E-state index contributed by atoms with van der Waals surface area (Å²) in [5, 5.41) is 10.4. The number of aromatic nitrogens is 2. The smallest absolute Gasteiger partial charge is 0.223 e. The van der Waals surface area contributed by atoms with Gasteiger partial charge in [0, 0.05) is 27.8 Å². The van der Waals surface area contributed by atoms with Gasteiger partial charge < -0.3 is 24.1 Å². The van der Waals surface area contributed by atoms with Crippen molar-refractivity contribution in [2.45, 2.75) is 30.8 Å². The van der Waals surface area contributed by atoms with Crippen molar-refractivity contribution < 1.29 is 28.3 Å². The standard InChI is InChI=1S/C27H27ClN4O6S/c1-35-27-16(8-9-18(31-27)14-4-6-15(7-5-14)32-39(2,3)34)24-17(28)10-19-20(30-24)11-23(29-19)38-22-13-37-25-21(33)12-36-26(22)25/h4-10,21-22,25-26,33H,11-13H2,1-3H3/t21-,22-,25-,26-/m1/s1. The third-order valence-corrected chi connectivity index (χ3v) is 7.60. The number of ether oxygens (including phenoxy) is 4. The lowest BCUT2D eigenvalue weighted by atomic mass is 10.1. The molecule has 0 spiro atoms. The monoisotopic (exact) mass is 570 g/mol. The number of nitrogens with zero attached hydrogens (tertiary/aromatic N) is 4. The highest BCUT2D eigenvalue weighted by molar-refractivity contribution is 7.92. The Kier molecular flexibility index (Phi) is 6.80. The third kappa shape index (κ3) is 5.24. The molecule has 3 aromatic rings. The molecule has 1 aromatic carbocycles. The van der Waals surface area contributed by atoms with E-state index in [0.717, 1.165) is 11.3 Å². The van der Waals surface area contributed by atoms with Gasteiger partial charge in [-0.15, -0.1) is 0 Å². The second-order valence-electron chi connectivity index (χ2n) is 9.86. The van der Waals surface area contributed by atoms with Crippen LogP contribution >= 0.6 is 11.6 Å². The second kappa shape index (κ2) is 10.1. The number of methoxy groups -OCH3 is 1. The first-order valence-electron chi connectivity index (χ1n) is 12.4. The molecule has 12 heteroatoms. The van der Waals surface area contributed by atoms with Gasteiger partial charge in [0.25, 0.3) is 0 Å². The van der Waals surface area contributed by atoms with Gasteiger partial charge in [-0.25, -0.2) is 19.2 Å². The molecule has 4 atom stereocenters. The van der Waals surface area contributed by atoms with Gasteiger partial charge in [0.15, 0.2) is 12.0 Å². The number of halogens is 1. The van der Waals surface area contributed by atoms with Crippen LogP contribution in [0.4, 0.5) is 11.4 Å². The van der Waals surface area contributed by atoms with E-state index in [-0.39, 0.29) is 24.9 Å². The zero-order valence-electron chi connectivity index (χ0n) is 21.5. The summed E-state index contributed by atoms with van der Waals surface area (Å²) in [5.74, 6) is 0.879. The van der Waals surface area contributed by atoms with Crippen molar-refractivity contribution >= 4 is 38.6 Å². The minimum atomic E-state index is -2.24. The van der Waals surface area contributed by atoms with E-state index in [0.29, 0.717) is 58.2 Å². The van der Waals surface area contributed by atoms with Crippen LogP contribution in [0.1, 0.15) is 5.69 Å². The summed E-state index contributed by atoms with van der Waals surface area (Å²) in [6.45, 7) is 0.560. The molecule has 2 fully saturated rings. The zero-order valence-corrected chi connectivity index (χ0v) is 23.1. The topological polar surface area (TPSA) is 125 Å². The summed E-state index contributed by atoms with van der Waals surface area (Å²) in [6, 6.07) is 12.9. The van der Waals surface area contributed by atoms with Crippen molar-refractivity contribution in [3.05, 3.63) is 53.2 Å². The van der Waals surface area contributed by atoms with Gasteiger partial charge in [-0.3, -0.25) is 0 Å². The van der Waals surface area contributed by atoms with Crippen LogP contribution in [0.2, 0.25) is 5.02 Å². The predicted octanol–water partition coefficient (Wildman–Crippen LogP) is 3.96. The Morgan fingerprint density at radius 2 is 1.85 bits per heavy atom. The van der Waals surface area contributed by atoms with E-state index >= 15 is 0 Å². The summed E-state index contributed by atoms with van der Waals surface area (Å²) in [5.41, 5.74) is 4.74. The number of aliphatic imine (C=N–C) groups is 1. The van der Waals surface area contributed by atoms with E-state index in [9.17, 15) is 9.32 Å². The van der Waals surface area contributed by atoms with Crippen LogP contribution < -0.4 is 4.74 Å². The fourth-order valence-corrected chi connectivity index (χ4v) is 5.80. The molecule has 2 saturated heterocycles. The molecule has 0 amide bonds. The molecule has 1 N–H and O–H groups in total. The van der Waals surface area contributed by atoms with Gasteiger partial charge in [-0.1, -0.05) is 23.7 Å². The highest BCUT2D eigenvalue weighted by Gasteiger charge is 2.49. The normalized spacial score (nSPS) is 23.8. The van der Waals surface area contributed by atoms with E-state index in [2.05, 4.69) is 14.3 Å². The molecule has 3 aliphatic heterocycles. The molecule has 5 heterocycles. The summed E-state index contributed by atoms with van der Waals surface area (Å²) in [6.07, 6.45) is 1.90. The van der Waals surface area contributed by atoms with Gasteiger partial charge in [0.1, 0.15) is 18.3 Å². The first-order valence-corrected chi connectivity index (χ1v) is 15.1. The summed E-state index contributed by atoms with van der Waals surface area (Å²) >= 11 is 6.65. The van der Waals surface area contributed by atoms with E-state index in [4.69, 9.17) is 35.5 Å². The lowest BCUT2D eigenvalue weighted by Gasteiger charge is -2.17. The maximum absolute atomic E-state index is 12.0. The van der Waals surface area contributed by atoms with Gasteiger partial charge in [0.05, 0.1) is 65.8 Å². The van der Waals surface area contributed by atoms with Crippen molar-refractivity contribution in [2.75, 3.05) is 32.8 Å². The largest absolute Gasteiger partial charge is 0.480 e. The number of hydrogen-bond acceptors (Lipinski definition) is 10.